The molecule has 1 N–H and O–H groups in total. The van der Waals surface area contributed by atoms with Gasteiger partial charge in [0.15, 0.2) is 5.78 Å². The summed E-state index contributed by atoms with van der Waals surface area (Å²) >= 11 is 3.39. The Labute approximate surface area is 103 Å². The molecule has 3 heterocycles. The minimum atomic E-state index is 0.144. The van der Waals surface area contributed by atoms with Crippen LogP contribution in [0.25, 0.3) is 0 Å². The number of hydrogen-bond acceptors (Lipinski definition) is 3. The monoisotopic (exact) mass is 283 g/mol. The summed E-state index contributed by atoms with van der Waals surface area (Å²) in [6.07, 6.45) is 5.03. The van der Waals surface area contributed by atoms with E-state index in [0.29, 0.717) is 17.8 Å². The molecule has 1 aromatic rings. The molecule has 3 atom stereocenters. The fraction of sp³-hybridized carbons (Fsp3) is 0.636. The highest BCUT2D eigenvalue weighted by Crippen LogP contribution is 2.36. The summed E-state index contributed by atoms with van der Waals surface area (Å²) in [6.45, 7) is 0. The van der Waals surface area contributed by atoms with Crippen LogP contribution in [0.4, 0.5) is 0 Å². The number of Topliss-reactive ketones (excluding diaryl/α,β-unsaturated/α-hetero) is 1. The lowest BCUT2D eigenvalue weighted by molar-refractivity contribution is 0.0890. The van der Waals surface area contributed by atoms with Crippen molar-refractivity contribution in [1.82, 2.24) is 15.1 Å². The summed E-state index contributed by atoms with van der Waals surface area (Å²) in [5.41, 5.74) is 0.708. The highest BCUT2D eigenvalue weighted by molar-refractivity contribution is 9.10. The molecule has 2 aliphatic rings. The van der Waals surface area contributed by atoms with E-state index >= 15 is 0 Å². The van der Waals surface area contributed by atoms with Gasteiger partial charge in [-0.2, -0.15) is 5.10 Å². The topological polar surface area (TPSA) is 46.9 Å². The van der Waals surface area contributed by atoms with Crippen molar-refractivity contribution in [3.05, 3.63) is 16.4 Å². The van der Waals surface area contributed by atoms with Crippen molar-refractivity contribution < 1.29 is 4.79 Å². The van der Waals surface area contributed by atoms with Crippen LogP contribution in [0.3, 0.4) is 0 Å². The lowest BCUT2D eigenvalue weighted by Gasteiger charge is -2.18. The Morgan fingerprint density at radius 1 is 1.62 bits per heavy atom. The highest BCUT2D eigenvalue weighted by atomic mass is 79.9. The van der Waals surface area contributed by atoms with Gasteiger partial charge < -0.3 is 5.32 Å². The molecular formula is C11H14BrN3O. The highest BCUT2D eigenvalue weighted by Gasteiger charge is 2.43. The Balaban J connectivity index is 1.89. The first-order chi connectivity index (χ1) is 7.66. The molecule has 0 radical (unpaired) electrons. The third-order valence-corrected chi connectivity index (χ3v) is 4.34. The number of nitrogens with zero attached hydrogens (tertiary/aromatic N) is 2. The number of fused-ring (bicyclic) bond motifs is 2. The quantitative estimate of drug-likeness (QED) is 0.837. The predicted molar refractivity (Wildman–Crippen MR) is 63.3 cm³/mol. The summed E-state index contributed by atoms with van der Waals surface area (Å²) in [5.74, 6) is 0.372. The molecule has 0 aromatic carbocycles. The smallest absolute Gasteiger partial charge is 0.186 e. The number of nitrogens with one attached hydrogen (secondary N) is 1. The molecule has 0 saturated carbocycles. The molecule has 2 bridgehead atoms. The van der Waals surface area contributed by atoms with Gasteiger partial charge in [-0.1, -0.05) is 0 Å². The van der Waals surface area contributed by atoms with Crippen molar-refractivity contribution in [2.45, 2.75) is 31.3 Å². The van der Waals surface area contributed by atoms with Gasteiger partial charge in [-0.15, -0.1) is 0 Å². The Bertz CT molecular complexity index is 423. The first-order valence-corrected chi connectivity index (χ1v) is 6.44. The van der Waals surface area contributed by atoms with Gasteiger partial charge in [-0.25, -0.2) is 0 Å². The minimum absolute atomic E-state index is 0.144. The Hall–Kier alpha value is -0.680. The maximum Gasteiger partial charge on any atom is 0.186 e. The van der Waals surface area contributed by atoms with Gasteiger partial charge in [0.1, 0.15) is 5.69 Å². The maximum atomic E-state index is 12.4. The molecule has 0 spiro atoms. The Morgan fingerprint density at radius 2 is 2.44 bits per heavy atom. The molecule has 4 nitrogen and oxygen atoms in total. The van der Waals surface area contributed by atoms with E-state index in [1.54, 1.807) is 10.9 Å². The van der Waals surface area contributed by atoms with Crippen LogP contribution < -0.4 is 5.32 Å². The summed E-state index contributed by atoms with van der Waals surface area (Å²) in [6, 6.07) is 0.949. The van der Waals surface area contributed by atoms with Gasteiger partial charge in [0.05, 0.1) is 10.7 Å². The lowest BCUT2D eigenvalue weighted by Crippen LogP contribution is -2.30. The van der Waals surface area contributed by atoms with E-state index in [9.17, 15) is 4.79 Å². The molecule has 2 saturated heterocycles. The van der Waals surface area contributed by atoms with Crippen LogP contribution in [0.1, 0.15) is 29.8 Å². The summed E-state index contributed by atoms with van der Waals surface area (Å²) in [4.78, 5) is 12.4. The van der Waals surface area contributed by atoms with E-state index in [0.717, 1.165) is 17.3 Å². The first-order valence-electron chi connectivity index (χ1n) is 5.64. The van der Waals surface area contributed by atoms with E-state index in [2.05, 4.69) is 26.3 Å². The van der Waals surface area contributed by atoms with Crippen molar-refractivity contribution >= 4 is 21.7 Å². The third-order valence-electron chi connectivity index (χ3n) is 3.76. The van der Waals surface area contributed by atoms with Crippen molar-refractivity contribution in [1.29, 1.82) is 0 Å². The number of hydrogen-bond donors (Lipinski definition) is 1. The number of carbonyl (C=O) groups excluding carboxylic acids is 1. The van der Waals surface area contributed by atoms with Gasteiger partial charge in [0.25, 0.3) is 0 Å². The van der Waals surface area contributed by atoms with Crippen LogP contribution in [-0.4, -0.2) is 27.6 Å². The summed E-state index contributed by atoms with van der Waals surface area (Å²) < 4.78 is 2.47. The molecule has 3 unspecified atom stereocenters. The average Bonchev–Trinajstić information content (AvgIpc) is 2.93. The number of rotatable bonds is 2. The zero-order valence-corrected chi connectivity index (χ0v) is 10.7. The molecule has 0 aliphatic carbocycles. The number of halogens is 1. The number of ketones is 1. The predicted octanol–water partition coefficient (Wildman–Crippen LogP) is 1.51. The van der Waals surface area contributed by atoms with Gasteiger partial charge in [-0.3, -0.25) is 9.48 Å². The molecule has 2 fully saturated rings. The second kappa shape index (κ2) is 3.67. The number of carbonyl (C=O) groups is 1. The molecular weight excluding hydrogens is 270 g/mol. The van der Waals surface area contributed by atoms with Crippen LogP contribution in [0, 0.1) is 5.92 Å². The zero-order valence-electron chi connectivity index (χ0n) is 9.11. The molecule has 1 aromatic heterocycles. The van der Waals surface area contributed by atoms with E-state index in [-0.39, 0.29) is 11.7 Å². The van der Waals surface area contributed by atoms with Crippen molar-refractivity contribution in [3.8, 4) is 0 Å². The summed E-state index contributed by atoms with van der Waals surface area (Å²) in [5, 5.41) is 7.59. The first kappa shape index (κ1) is 10.5. The van der Waals surface area contributed by atoms with E-state index in [1.165, 1.54) is 6.42 Å². The second-order valence-electron chi connectivity index (χ2n) is 4.72. The van der Waals surface area contributed by atoms with Gasteiger partial charge >= 0.3 is 0 Å². The van der Waals surface area contributed by atoms with Crippen LogP contribution in [0.5, 0.6) is 0 Å². The van der Waals surface area contributed by atoms with Gasteiger partial charge in [-0.05, 0) is 35.2 Å². The van der Waals surface area contributed by atoms with Crippen LogP contribution in [0.15, 0.2) is 10.7 Å². The normalized spacial score (nSPS) is 32.2. The van der Waals surface area contributed by atoms with E-state index in [4.69, 9.17) is 0 Å². The van der Waals surface area contributed by atoms with Crippen LogP contribution in [-0.2, 0) is 7.05 Å². The lowest BCUT2D eigenvalue weighted by atomic mass is 9.85. The second-order valence-corrected chi connectivity index (χ2v) is 5.57. The molecule has 2 aliphatic heterocycles. The molecule has 3 rings (SSSR count). The van der Waals surface area contributed by atoms with E-state index < -0.39 is 0 Å². The Morgan fingerprint density at radius 3 is 2.94 bits per heavy atom. The van der Waals surface area contributed by atoms with Crippen molar-refractivity contribution in [2.75, 3.05) is 0 Å². The zero-order chi connectivity index (χ0) is 11.3. The van der Waals surface area contributed by atoms with Crippen molar-refractivity contribution in [2.24, 2.45) is 13.0 Å². The third kappa shape index (κ3) is 1.45. The van der Waals surface area contributed by atoms with Crippen LogP contribution >= 0.6 is 15.9 Å². The maximum absolute atomic E-state index is 12.4. The fourth-order valence-electron chi connectivity index (χ4n) is 2.98. The standard InChI is InChI=1S/C11H14BrN3O/c1-15-10(8(12)5-13-15)11(16)7-4-6-2-3-9(7)14-6/h5-7,9,14H,2-4H2,1H3. The molecule has 86 valence electrons. The van der Waals surface area contributed by atoms with Crippen molar-refractivity contribution in [3.63, 3.8) is 0 Å². The molecule has 16 heavy (non-hydrogen) atoms. The minimum Gasteiger partial charge on any atom is -0.310 e. The van der Waals surface area contributed by atoms with Gasteiger partial charge in [0.2, 0.25) is 0 Å². The largest absolute Gasteiger partial charge is 0.310 e. The fourth-order valence-corrected chi connectivity index (χ4v) is 3.52. The average molecular weight is 284 g/mol. The molecule has 0 amide bonds. The molecule has 5 heteroatoms. The SMILES string of the molecule is Cn1ncc(Br)c1C(=O)C1CC2CCC1N2. The van der Waals surface area contributed by atoms with Crippen LogP contribution in [0.2, 0.25) is 0 Å². The Kier molecular flexibility index (Phi) is 2.40. The number of aromatic nitrogens is 2. The van der Waals surface area contributed by atoms with Gasteiger partial charge in [0, 0.05) is 25.0 Å². The van der Waals surface area contributed by atoms with E-state index in [1.807, 2.05) is 7.05 Å². The summed E-state index contributed by atoms with van der Waals surface area (Å²) in [7, 11) is 1.82. The number of aryl methyl sites for hydroxylation is 1.